The van der Waals surface area contributed by atoms with E-state index in [0.717, 1.165) is 0 Å². The highest BCUT2D eigenvalue weighted by molar-refractivity contribution is 6.30. The summed E-state index contributed by atoms with van der Waals surface area (Å²) >= 11 is 5.72. The minimum Gasteiger partial charge on any atom is -0.494 e. The van der Waals surface area contributed by atoms with E-state index in [-0.39, 0.29) is 22.8 Å². The molecule has 0 heterocycles. The zero-order valence-corrected chi connectivity index (χ0v) is 11.6. The number of halogens is 3. The van der Waals surface area contributed by atoms with Gasteiger partial charge in [-0.05, 0) is 24.1 Å². The third-order valence-electron chi connectivity index (χ3n) is 3.08. The molecule has 2 nitrogen and oxygen atoms in total. The van der Waals surface area contributed by atoms with Gasteiger partial charge >= 0.3 is 0 Å². The molecule has 1 atom stereocenters. The van der Waals surface area contributed by atoms with Crippen LogP contribution in [0.5, 0.6) is 5.75 Å². The Morgan fingerprint density at radius 1 is 1.15 bits per heavy atom. The zero-order chi connectivity index (χ0) is 14.7. The fourth-order valence-electron chi connectivity index (χ4n) is 2.03. The summed E-state index contributed by atoms with van der Waals surface area (Å²) in [5.74, 6) is -0.904. The highest BCUT2D eigenvalue weighted by Gasteiger charge is 2.17. The molecule has 0 amide bonds. The lowest BCUT2D eigenvalue weighted by Gasteiger charge is -2.15. The van der Waals surface area contributed by atoms with Gasteiger partial charge in [0.15, 0.2) is 11.6 Å². The highest BCUT2D eigenvalue weighted by Crippen LogP contribution is 2.27. The van der Waals surface area contributed by atoms with Crippen molar-refractivity contribution in [2.24, 2.45) is 5.73 Å². The molecule has 0 saturated heterocycles. The second kappa shape index (κ2) is 6.20. The van der Waals surface area contributed by atoms with E-state index >= 15 is 0 Å². The van der Waals surface area contributed by atoms with Crippen LogP contribution in [0, 0.1) is 11.6 Å². The first-order valence-electron chi connectivity index (χ1n) is 6.05. The highest BCUT2D eigenvalue weighted by atomic mass is 35.5. The topological polar surface area (TPSA) is 35.2 Å². The van der Waals surface area contributed by atoms with E-state index in [2.05, 4.69) is 0 Å². The molecule has 0 bridgehead atoms. The molecule has 0 aliphatic rings. The minimum absolute atomic E-state index is 0.00376. The van der Waals surface area contributed by atoms with Crippen molar-refractivity contribution in [3.63, 3.8) is 0 Å². The minimum atomic E-state index is -0.685. The summed E-state index contributed by atoms with van der Waals surface area (Å²) in [5.41, 5.74) is 6.59. The SMILES string of the molecule is COc1cccc(CC(N)c2cccc(Cl)c2F)c1F. The van der Waals surface area contributed by atoms with Crippen molar-refractivity contribution in [3.05, 3.63) is 64.2 Å². The Labute approximate surface area is 121 Å². The molecular weight excluding hydrogens is 284 g/mol. The monoisotopic (exact) mass is 297 g/mol. The largest absolute Gasteiger partial charge is 0.494 e. The molecule has 0 saturated carbocycles. The molecule has 2 N–H and O–H groups in total. The molecule has 2 aromatic carbocycles. The van der Waals surface area contributed by atoms with Crippen LogP contribution in [-0.4, -0.2) is 7.11 Å². The standard InChI is InChI=1S/C15H14ClF2NO/c1-20-13-7-2-4-9(14(13)17)8-12(19)10-5-3-6-11(16)15(10)18/h2-7,12H,8,19H2,1H3. The summed E-state index contributed by atoms with van der Waals surface area (Å²) in [4.78, 5) is 0. The predicted molar refractivity (Wildman–Crippen MR) is 75.0 cm³/mol. The van der Waals surface area contributed by atoms with Crippen LogP contribution >= 0.6 is 11.6 Å². The fourth-order valence-corrected chi connectivity index (χ4v) is 2.21. The number of hydrogen-bond donors (Lipinski definition) is 1. The molecule has 0 radical (unpaired) electrons. The molecule has 5 heteroatoms. The fraction of sp³-hybridized carbons (Fsp3) is 0.200. The summed E-state index contributed by atoms with van der Waals surface area (Å²) in [6.07, 6.45) is 0.153. The van der Waals surface area contributed by atoms with Crippen LogP contribution in [0.2, 0.25) is 5.02 Å². The maximum atomic E-state index is 14.0. The van der Waals surface area contributed by atoms with Crippen LogP contribution in [-0.2, 0) is 6.42 Å². The Morgan fingerprint density at radius 3 is 2.55 bits per heavy atom. The van der Waals surface area contributed by atoms with Gasteiger partial charge in [0, 0.05) is 11.6 Å². The average molecular weight is 298 g/mol. The summed E-state index contributed by atoms with van der Waals surface area (Å²) in [6, 6.07) is 8.70. The molecule has 106 valence electrons. The zero-order valence-electron chi connectivity index (χ0n) is 10.9. The number of methoxy groups -OCH3 is 1. The van der Waals surface area contributed by atoms with Gasteiger partial charge in [0.2, 0.25) is 0 Å². The van der Waals surface area contributed by atoms with Crippen molar-refractivity contribution in [1.29, 1.82) is 0 Å². The Morgan fingerprint density at radius 2 is 1.85 bits per heavy atom. The van der Waals surface area contributed by atoms with Crippen molar-refractivity contribution in [1.82, 2.24) is 0 Å². The Bertz CT molecular complexity index is 619. The van der Waals surface area contributed by atoms with Crippen LogP contribution in [0.1, 0.15) is 17.2 Å². The van der Waals surface area contributed by atoms with Gasteiger partial charge in [0.25, 0.3) is 0 Å². The molecular formula is C15H14ClF2NO. The van der Waals surface area contributed by atoms with Gasteiger partial charge in [-0.15, -0.1) is 0 Å². The molecule has 0 aliphatic heterocycles. The van der Waals surface area contributed by atoms with Gasteiger partial charge in [0.05, 0.1) is 12.1 Å². The van der Waals surface area contributed by atoms with E-state index in [1.807, 2.05) is 0 Å². The van der Waals surface area contributed by atoms with Gasteiger partial charge in [-0.1, -0.05) is 35.9 Å². The molecule has 0 aliphatic carbocycles. The first-order valence-corrected chi connectivity index (χ1v) is 6.43. The quantitative estimate of drug-likeness (QED) is 0.930. The predicted octanol–water partition coefficient (Wildman–Crippen LogP) is 3.87. The van der Waals surface area contributed by atoms with Crippen molar-refractivity contribution in [2.75, 3.05) is 7.11 Å². The Balaban J connectivity index is 2.28. The second-order valence-corrected chi connectivity index (χ2v) is 4.79. The lowest BCUT2D eigenvalue weighted by molar-refractivity contribution is 0.383. The van der Waals surface area contributed by atoms with Gasteiger partial charge in [-0.2, -0.15) is 0 Å². The molecule has 1 unspecified atom stereocenters. The lowest BCUT2D eigenvalue weighted by Crippen LogP contribution is -2.16. The lowest BCUT2D eigenvalue weighted by atomic mass is 9.98. The van der Waals surface area contributed by atoms with Crippen LogP contribution in [0.4, 0.5) is 8.78 Å². The number of rotatable bonds is 4. The summed E-state index contributed by atoms with van der Waals surface area (Å²) < 4.78 is 32.8. The van der Waals surface area contributed by atoms with E-state index < -0.39 is 17.7 Å². The third kappa shape index (κ3) is 2.92. The molecule has 2 aromatic rings. The van der Waals surface area contributed by atoms with E-state index in [0.29, 0.717) is 5.56 Å². The van der Waals surface area contributed by atoms with Crippen molar-refractivity contribution >= 4 is 11.6 Å². The second-order valence-electron chi connectivity index (χ2n) is 4.39. The number of benzene rings is 2. The number of nitrogens with two attached hydrogens (primary N) is 1. The van der Waals surface area contributed by atoms with E-state index in [1.165, 1.54) is 19.2 Å². The molecule has 0 spiro atoms. The van der Waals surface area contributed by atoms with Gasteiger partial charge in [-0.25, -0.2) is 8.78 Å². The maximum absolute atomic E-state index is 14.0. The normalized spacial score (nSPS) is 12.2. The van der Waals surface area contributed by atoms with Crippen LogP contribution in [0.15, 0.2) is 36.4 Å². The third-order valence-corrected chi connectivity index (χ3v) is 3.38. The van der Waals surface area contributed by atoms with E-state index in [1.54, 1.807) is 24.3 Å². The van der Waals surface area contributed by atoms with Crippen molar-refractivity contribution < 1.29 is 13.5 Å². The molecule has 20 heavy (non-hydrogen) atoms. The number of hydrogen-bond acceptors (Lipinski definition) is 2. The van der Waals surface area contributed by atoms with Crippen LogP contribution in [0.25, 0.3) is 0 Å². The molecule has 0 aromatic heterocycles. The summed E-state index contributed by atoms with van der Waals surface area (Å²) in [6.45, 7) is 0. The summed E-state index contributed by atoms with van der Waals surface area (Å²) in [5, 5.41) is 0.00376. The van der Waals surface area contributed by atoms with Crippen molar-refractivity contribution in [2.45, 2.75) is 12.5 Å². The van der Waals surface area contributed by atoms with Crippen LogP contribution < -0.4 is 10.5 Å². The molecule has 0 fully saturated rings. The first kappa shape index (κ1) is 14.8. The summed E-state index contributed by atoms with van der Waals surface area (Å²) in [7, 11) is 1.39. The maximum Gasteiger partial charge on any atom is 0.168 e. The molecule has 2 rings (SSSR count). The van der Waals surface area contributed by atoms with Gasteiger partial charge in [0.1, 0.15) is 5.82 Å². The van der Waals surface area contributed by atoms with E-state index in [9.17, 15) is 8.78 Å². The smallest absolute Gasteiger partial charge is 0.168 e. The van der Waals surface area contributed by atoms with E-state index in [4.69, 9.17) is 22.1 Å². The Kier molecular flexibility index (Phi) is 4.57. The van der Waals surface area contributed by atoms with Gasteiger partial charge in [-0.3, -0.25) is 0 Å². The van der Waals surface area contributed by atoms with Crippen molar-refractivity contribution in [3.8, 4) is 5.75 Å². The number of ether oxygens (including phenoxy) is 1. The Hall–Kier alpha value is -1.65. The first-order chi connectivity index (χ1) is 9.54. The average Bonchev–Trinajstić information content (AvgIpc) is 2.44. The van der Waals surface area contributed by atoms with Gasteiger partial charge < -0.3 is 10.5 Å². The van der Waals surface area contributed by atoms with Crippen LogP contribution in [0.3, 0.4) is 0 Å².